The average molecular weight is 327 g/mol. The van der Waals surface area contributed by atoms with Gasteiger partial charge in [0, 0.05) is 24.3 Å². The summed E-state index contributed by atoms with van der Waals surface area (Å²) in [5.74, 6) is 0.626. The van der Waals surface area contributed by atoms with Crippen LogP contribution in [0.2, 0.25) is 0 Å². The number of nitrogens with zero attached hydrogens (tertiary/aromatic N) is 2. The molecule has 130 valence electrons. The first-order valence-electron chi connectivity index (χ1n) is 8.81. The molecule has 0 atom stereocenters. The molecule has 0 aliphatic heterocycles. The molecule has 2 aromatic rings. The van der Waals surface area contributed by atoms with Crippen LogP contribution in [0.3, 0.4) is 0 Å². The first-order chi connectivity index (χ1) is 11.5. The molecule has 1 heterocycles. The second-order valence-electron chi connectivity index (χ2n) is 6.84. The van der Waals surface area contributed by atoms with Crippen LogP contribution in [0.15, 0.2) is 30.3 Å². The Morgan fingerprint density at radius 2 is 1.92 bits per heavy atom. The van der Waals surface area contributed by atoms with Crippen molar-refractivity contribution in [3.05, 3.63) is 52.8 Å². The predicted molar refractivity (Wildman–Crippen MR) is 98.0 cm³/mol. The summed E-state index contributed by atoms with van der Waals surface area (Å²) in [5.41, 5.74) is 4.46. The highest BCUT2D eigenvalue weighted by atomic mass is 16.1. The molecule has 0 unspecified atom stereocenters. The van der Waals surface area contributed by atoms with E-state index in [2.05, 4.69) is 43.3 Å². The summed E-state index contributed by atoms with van der Waals surface area (Å²) < 4.78 is 2.03. The molecule has 1 N–H and O–H groups in total. The zero-order chi connectivity index (χ0) is 17.5. The van der Waals surface area contributed by atoms with Crippen LogP contribution >= 0.6 is 0 Å². The second-order valence-corrected chi connectivity index (χ2v) is 6.84. The minimum absolute atomic E-state index is 0.0818. The van der Waals surface area contributed by atoms with Crippen molar-refractivity contribution >= 4 is 5.91 Å². The molecular weight excluding hydrogens is 298 g/mol. The second kappa shape index (κ2) is 8.67. The topological polar surface area (TPSA) is 46.9 Å². The van der Waals surface area contributed by atoms with Gasteiger partial charge in [-0.25, -0.2) is 0 Å². The van der Waals surface area contributed by atoms with Gasteiger partial charge in [-0.3, -0.25) is 9.48 Å². The molecule has 0 aliphatic rings. The molecule has 0 saturated heterocycles. The van der Waals surface area contributed by atoms with Gasteiger partial charge in [0.15, 0.2) is 0 Å². The molecule has 1 aromatic carbocycles. The maximum absolute atomic E-state index is 12.2. The SMILES string of the molecule is Cc1nn(CC(C)C)c(C)c1CC(=O)NCCCc1ccccc1. The third kappa shape index (κ3) is 5.22. The zero-order valence-electron chi connectivity index (χ0n) is 15.3. The van der Waals surface area contributed by atoms with E-state index < -0.39 is 0 Å². The summed E-state index contributed by atoms with van der Waals surface area (Å²) in [6, 6.07) is 10.4. The number of rotatable bonds is 8. The van der Waals surface area contributed by atoms with Crippen molar-refractivity contribution in [1.82, 2.24) is 15.1 Å². The van der Waals surface area contributed by atoms with Gasteiger partial charge in [0.25, 0.3) is 0 Å². The van der Waals surface area contributed by atoms with Gasteiger partial charge in [-0.2, -0.15) is 5.10 Å². The van der Waals surface area contributed by atoms with Crippen LogP contribution < -0.4 is 5.32 Å². The fraction of sp³-hybridized carbons (Fsp3) is 0.500. The van der Waals surface area contributed by atoms with Gasteiger partial charge < -0.3 is 5.32 Å². The van der Waals surface area contributed by atoms with Crippen LogP contribution in [0.4, 0.5) is 0 Å². The Morgan fingerprint density at radius 3 is 2.58 bits per heavy atom. The summed E-state index contributed by atoms with van der Waals surface area (Å²) in [5, 5.41) is 7.61. The molecule has 1 amide bonds. The Balaban J connectivity index is 1.81. The lowest BCUT2D eigenvalue weighted by Crippen LogP contribution is -2.26. The normalized spacial score (nSPS) is 11.0. The number of nitrogens with one attached hydrogen (secondary N) is 1. The van der Waals surface area contributed by atoms with E-state index in [1.807, 2.05) is 29.8 Å². The predicted octanol–water partition coefficient (Wildman–Crippen LogP) is 3.45. The van der Waals surface area contributed by atoms with Crippen molar-refractivity contribution in [2.24, 2.45) is 5.92 Å². The summed E-state index contributed by atoms with van der Waals surface area (Å²) in [6.45, 7) is 10.0. The van der Waals surface area contributed by atoms with Gasteiger partial charge in [0.1, 0.15) is 0 Å². The number of aryl methyl sites for hydroxylation is 2. The van der Waals surface area contributed by atoms with E-state index in [-0.39, 0.29) is 5.91 Å². The maximum atomic E-state index is 12.2. The molecule has 0 bridgehead atoms. The Labute approximate surface area is 145 Å². The van der Waals surface area contributed by atoms with Crippen LogP contribution in [0.1, 0.15) is 42.8 Å². The molecule has 24 heavy (non-hydrogen) atoms. The lowest BCUT2D eigenvalue weighted by atomic mass is 10.1. The van der Waals surface area contributed by atoms with E-state index in [9.17, 15) is 4.79 Å². The molecule has 0 saturated carbocycles. The third-order valence-corrected chi connectivity index (χ3v) is 4.21. The standard InChI is InChI=1S/C20H29N3O/c1-15(2)14-23-17(4)19(16(3)22-23)13-20(24)21-12-8-11-18-9-6-5-7-10-18/h5-7,9-10,15H,8,11-14H2,1-4H3,(H,21,24). The van der Waals surface area contributed by atoms with Crippen molar-refractivity contribution in [3.8, 4) is 0 Å². The average Bonchev–Trinajstić information content (AvgIpc) is 2.79. The number of carbonyl (C=O) groups is 1. The van der Waals surface area contributed by atoms with Crippen molar-refractivity contribution in [2.45, 2.75) is 53.5 Å². The minimum atomic E-state index is 0.0818. The van der Waals surface area contributed by atoms with Crippen molar-refractivity contribution in [2.75, 3.05) is 6.54 Å². The van der Waals surface area contributed by atoms with E-state index in [1.165, 1.54) is 5.56 Å². The van der Waals surface area contributed by atoms with Crippen molar-refractivity contribution in [3.63, 3.8) is 0 Å². The van der Waals surface area contributed by atoms with Gasteiger partial charge >= 0.3 is 0 Å². The Hall–Kier alpha value is -2.10. The number of hydrogen-bond acceptors (Lipinski definition) is 2. The molecule has 0 spiro atoms. The number of benzene rings is 1. The summed E-state index contributed by atoms with van der Waals surface area (Å²) in [6.07, 6.45) is 2.37. The van der Waals surface area contributed by atoms with E-state index in [0.29, 0.717) is 18.9 Å². The Kier molecular flexibility index (Phi) is 6.59. The highest BCUT2D eigenvalue weighted by molar-refractivity contribution is 5.79. The molecule has 0 radical (unpaired) electrons. The lowest BCUT2D eigenvalue weighted by molar-refractivity contribution is -0.120. The van der Waals surface area contributed by atoms with Gasteiger partial charge in [-0.05, 0) is 38.2 Å². The number of amides is 1. The summed E-state index contributed by atoms with van der Waals surface area (Å²) >= 11 is 0. The van der Waals surface area contributed by atoms with E-state index in [0.717, 1.165) is 36.3 Å². The fourth-order valence-electron chi connectivity index (χ4n) is 2.90. The van der Waals surface area contributed by atoms with Crippen LogP contribution in [0.25, 0.3) is 0 Å². The van der Waals surface area contributed by atoms with Crippen LogP contribution in [0, 0.1) is 19.8 Å². The van der Waals surface area contributed by atoms with E-state index in [1.54, 1.807) is 0 Å². The van der Waals surface area contributed by atoms with Gasteiger partial charge in [-0.15, -0.1) is 0 Å². The lowest BCUT2D eigenvalue weighted by Gasteiger charge is -2.08. The highest BCUT2D eigenvalue weighted by Crippen LogP contribution is 2.15. The van der Waals surface area contributed by atoms with E-state index in [4.69, 9.17) is 0 Å². The molecule has 4 nitrogen and oxygen atoms in total. The third-order valence-electron chi connectivity index (χ3n) is 4.21. The Morgan fingerprint density at radius 1 is 1.21 bits per heavy atom. The number of carbonyl (C=O) groups excluding carboxylic acids is 1. The van der Waals surface area contributed by atoms with Crippen LogP contribution in [0.5, 0.6) is 0 Å². The molecule has 1 aromatic heterocycles. The molecule has 0 fully saturated rings. The molecule has 2 rings (SSSR count). The smallest absolute Gasteiger partial charge is 0.224 e. The highest BCUT2D eigenvalue weighted by Gasteiger charge is 2.15. The van der Waals surface area contributed by atoms with Crippen molar-refractivity contribution in [1.29, 1.82) is 0 Å². The largest absolute Gasteiger partial charge is 0.356 e. The summed E-state index contributed by atoms with van der Waals surface area (Å²) in [4.78, 5) is 12.2. The van der Waals surface area contributed by atoms with Crippen molar-refractivity contribution < 1.29 is 4.79 Å². The van der Waals surface area contributed by atoms with Gasteiger partial charge in [-0.1, -0.05) is 44.2 Å². The monoisotopic (exact) mass is 327 g/mol. The van der Waals surface area contributed by atoms with Crippen LogP contribution in [-0.4, -0.2) is 22.2 Å². The van der Waals surface area contributed by atoms with E-state index >= 15 is 0 Å². The Bertz CT molecular complexity index is 659. The maximum Gasteiger partial charge on any atom is 0.224 e. The van der Waals surface area contributed by atoms with Crippen LogP contribution in [-0.2, 0) is 24.2 Å². The first-order valence-corrected chi connectivity index (χ1v) is 8.81. The molecular formula is C20H29N3O. The number of hydrogen-bond donors (Lipinski definition) is 1. The fourth-order valence-corrected chi connectivity index (χ4v) is 2.90. The number of aromatic nitrogens is 2. The van der Waals surface area contributed by atoms with Gasteiger partial charge in [0.2, 0.25) is 5.91 Å². The quantitative estimate of drug-likeness (QED) is 0.755. The van der Waals surface area contributed by atoms with Gasteiger partial charge in [0.05, 0.1) is 12.1 Å². The zero-order valence-corrected chi connectivity index (χ0v) is 15.3. The molecule has 0 aliphatic carbocycles. The minimum Gasteiger partial charge on any atom is -0.356 e. The molecule has 4 heteroatoms. The first kappa shape index (κ1) is 18.2. The summed E-state index contributed by atoms with van der Waals surface area (Å²) in [7, 11) is 0.